The smallest absolute Gasteiger partial charge is 0.407 e. The Labute approximate surface area is 544 Å². The summed E-state index contributed by atoms with van der Waals surface area (Å²) in [5.74, 6) is -11.7. The van der Waals surface area contributed by atoms with Gasteiger partial charge >= 0.3 is 71.8 Å². The summed E-state index contributed by atoms with van der Waals surface area (Å²) in [7, 11) is 0. The number of amides is 1. The summed E-state index contributed by atoms with van der Waals surface area (Å²) in [4.78, 5) is 158. The van der Waals surface area contributed by atoms with Gasteiger partial charge in [0, 0.05) is 75.2 Å². The highest BCUT2D eigenvalue weighted by Crippen LogP contribution is 2.45. The fraction of sp³-hybridized carbons (Fsp3) is 0.531. The predicted octanol–water partition coefficient (Wildman–Crippen LogP) is 3.20. The van der Waals surface area contributed by atoms with Gasteiger partial charge in [-0.15, -0.1) is 0 Å². The third-order valence-corrected chi connectivity index (χ3v) is 14.7. The fourth-order valence-corrected chi connectivity index (χ4v) is 11.1. The van der Waals surface area contributed by atoms with Crippen LogP contribution in [0.3, 0.4) is 0 Å². The molecule has 0 saturated carbocycles. The van der Waals surface area contributed by atoms with Crippen molar-refractivity contribution in [2.24, 2.45) is 0 Å². The molecule has 1 aliphatic carbocycles. The maximum Gasteiger partial charge on any atom is 0.407 e. The van der Waals surface area contributed by atoms with Crippen LogP contribution in [0.2, 0.25) is 0 Å². The van der Waals surface area contributed by atoms with Gasteiger partial charge in [0.15, 0.2) is 79.8 Å². The average Bonchev–Trinajstić information content (AvgIpc) is 1.68. The molecule has 1 amide bonds. The van der Waals surface area contributed by atoms with Gasteiger partial charge in [0.05, 0.1) is 6.10 Å². The molecule has 95 heavy (non-hydrogen) atoms. The number of carbonyl (C=O) groups is 12. The van der Waals surface area contributed by atoms with Crippen molar-refractivity contribution < 1.29 is 143 Å². The first-order chi connectivity index (χ1) is 45.1. The van der Waals surface area contributed by atoms with Gasteiger partial charge in [-0.05, 0) is 34.7 Å². The van der Waals surface area contributed by atoms with E-state index in [2.05, 4.69) is 5.32 Å². The number of benzene rings is 3. The van der Waals surface area contributed by atoms with Crippen molar-refractivity contribution in [1.82, 2.24) is 5.32 Å². The van der Waals surface area contributed by atoms with E-state index in [0.717, 1.165) is 91.5 Å². The quantitative estimate of drug-likeness (QED) is 0.0890. The average molecular weight is 1340 g/mol. The Morgan fingerprint density at radius 2 is 0.726 bits per heavy atom. The molecular formula is C64H75NO30. The lowest BCUT2D eigenvalue weighted by atomic mass is 9.95. The maximum absolute atomic E-state index is 14.6. The van der Waals surface area contributed by atoms with Gasteiger partial charge in [-0.3, -0.25) is 47.9 Å². The van der Waals surface area contributed by atoms with Crippen LogP contribution in [0.15, 0.2) is 78.9 Å². The molecule has 7 rings (SSSR count). The molecule has 3 saturated heterocycles. The minimum Gasteiger partial charge on any atom is -0.463 e. The van der Waals surface area contributed by atoms with Crippen molar-refractivity contribution in [3.63, 3.8) is 0 Å². The van der Waals surface area contributed by atoms with E-state index < -0.39 is 202 Å². The van der Waals surface area contributed by atoms with Crippen molar-refractivity contribution in [2.75, 3.05) is 26.4 Å². The van der Waals surface area contributed by atoms with E-state index in [-0.39, 0.29) is 13.2 Å². The van der Waals surface area contributed by atoms with Crippen LogP contribution in [-0.2, 0) is 145 Å². The molecule has 3 fully saturated rings. The van der Waals surface area contributed by atoms with E-state index in [0.29, 0.717) is 5.56 Å². The molecule has 3 aromatic rings. The number of fused-ring (bicyclic) bond motifs is 3. The van der Waals surface area contributed by atoms with Gasteiger partial charge in [-0.1, -0.05) is 78.9 Å². The molecule has 516 valence electrons. The fourth-order valence-electron chi connectivity index (χ4n) is 11.1. The Morgan fingerprint density at radius 1 is 0.379 bits per heavy atom. The summed E-state index contributed by atoms with van der Waals surface area (Å²) in [6.45, 7) is 8.03. The summed E-state index contributed by atoms with van der Waals surface area (Å²) >= 11 is 0. The normalized spacial score (nSPS) is 26.5. The molecule has 17 atom stereocenters. The molecule has 0 unspecified atom stereocenters. The lowest BCUT2D eigenvalue weighted by Crippen LogP contribution is -2.69. The summed E-state index contributed by atoms with van der Waals surface area (Å²) in [6, 6.07) is 21.6. The zero-order chi connectivity index (χ0) is 69.4. The topological polar surface area (TPSA) is 383 Å². The van der Waals surface area contributed by atoms with E-state index in [9.17, 15) is 57.5 Å². The molecular weight excluding hydrogens is 1260 g/mol. The Morgan fingerprint density at radius 3 is 1.14 bits per heavy atom. The number of nitrogens with one attached hydrogen (secondary N) is 1. The van der Waals surface area contributed by atoms with E-state index >= 15 is 0 Å². The molecule has 0 bridgehead atoms. The van der Waals surface area contributed by atoms with Crippen LogP contribution in [0.4, 0.5) is 4.79 Å². The van der Waals surface area contributed by atoms with Crippen LogP contribution >= 0.6 is 0 Å². The SMILES string of the molecule is CC(=O)OC[C@H]1O[C@H](O[C@@H]2[C@@H](O[C@@H]3[C@@H](O[C@H](C)[C@H](NC(=O)OCC4c5ccccc5-c5ccccc54)C(=O)OCc4ccccc4)O[C@H](COC(C)=O)[C@@H](OC(C)=O)[C@@H]3OC(C)=O)O[C@H](COC(C)=O)[C@@H](OC(C)=O)[C@@H]2OC(C)=O)[C@@H](OC(C)=O)[C@@H](OC(C)=O)[C@@H]1OC(C)=O. The van der Waals surface area contributed by atoms with Crippen molar-refractivity contribution in [3.05, 3.63) is 95.6 Å². The molecule has 0 spiro atoms. The number of hydrogen-bond acceptors (Lipinski definition) is 30. The second-order valence-electron chi connectivity index (χ2n) is 22.1. The van der Waals surface area contributed by atoms with Crippen LogP contribution in [0.1, 0.15) is 98.8 Å². The monoisotopic (exact) mass is 1340 g/mol. The zero-order valence-corrected chi connectivity index (χ0v) is 53.7. The Bertz CT molecular complexity index is 3220. The van der Waals surface area contributed by atoms with Crippen molar-refractivity contribution in [3.8, 4) is 11.1 Å². The molecule has 3 aromatic carbocycles. The summed E-state index contributed by atoms with van der Waals surface area (Å²) < 4.78 is 107. The summed E-state index contributed by atoms with van der Waals surface area (Å²) in [6.07, 6.45) is -32.5. The zero-order valence-electron chi connectivity index (χ0n) is 53.7. The highest BCUT2D eigenvalue weighted by molar-refractivity contribution is 5.83. The number of hydrogen-bond donors (Lipinski definition) is 1. The molecule has 0 radical (unpaired) electrons. The second kappa shape index (κ2) is 33.8. The minimum absolute atomic E-state index is 0.227. The molecule has 4 aliphatic rings. The molecule has 1 N–H and O–H groups in total. The first kappa shape index (κ1) is 73.3. The number of esters is 11. The standard InChI is InChI=1S/C64H75NO30/c1-30(50(60(76)81-25-41-19-13-12-14-20-41)65-64(77)82-26-46-44-23-17-15-21-42(44)43-22-16-18-24-45(43)46)83-61-58(55(88-38(9)73)52(85-35(6)70)47(91-61)27-78-31(2)66)94-63-59(56(89-39(10)74)53(86-36(7)71)49(93-63)29-80-33(4)68)95-62-57(90-40(11)75)54(87-37(8)72)51(84-34(5)69)48(92-62)28-79-32(3)67/h12-24,30,46-59,61-63H,25-29H2,1-11H3,(H,65,77)/t30-,47-,48-,49-,50+,51-,52-,53-,54+,55+,56+,57+,58+,59+,61+,62-,63-/m1/s1. The number of carbonyl (C=O) groups excluding carboxylic acids is 12. The predicted molar refractivity (Wildman–Crippen MR) is 313 cm³/mol. The van der Waals surface area contributed by atoms with Crippen LogP contribution < -0.4 is 5.32 Å². The van der Waals surface area contributed by atoms with E-state index in [4.69, 9.17) is 85.3 Å². The van der Waals surface area contributed by atoms with Crippen LogP contribution in [-0.4, -0.2) is 202 Å². The number of alkyl carbamates (subject to hydrolysis) is 1. The Kier molecular flexibility index (Phi) is 26.1. The third kappa shape index (κ3) is 20.2. The van der Waals surface area contributed by atoms with Crippen LogP contribution in [0.5, 0.6) is 0 Å². The number of ether oxygens (including phenoxy) is 18. The molecule has 0 aromatic heterocycles. The van der Waals surface area contributed by atoms with Crippen molar-refractivity contribution in [2.45, 2.75) is 193 Å². The maximum atomic E-state index is 14.6. The van der Waals surface area contributed by atoms with Gasteiger partial charge in [-0.25, -0.2) is 9.59 Å². The number of rotatable bonds is 26. The van der Waals surface area contributed by atoms with Gasteiger partial charge in [0.25, 0.3) is 0 Å². The van der Waals surface area contributed by atoms with Gasteiger partial charge in [0.2, 0.25) is 0 Å². The summed E-state index contributed by atoms with van der Waals surface area (Å²) in [5, 5.41) is 2.54. The second-order valence-corrected chi connectivity index (χ2v) is 22.1. The Balaban J connectivity index is 1.37. The van der Waals surface area contributed by atoms with E-state index in [1.54, 1.807) is 30.3 Å². The van der Waals surface area contributed by atoms with Gasteiger partial charge in [-0.2, -0.15) is 0 Å². The first-order valence-electron chi connectivity index (χ1n) is 29.9. The van der Waals surface area contributed by atoms with Crippen molar-refractivity contribution >= 4 is 71.8 Å². The lowest BCUT2D eigenvalue weighted by Gasteiger charge is -2.50. The first-order valence-corrected chi connectivity index (χ1v) is 29.9. The third-order valence-electron chi connectivity index (χ3n) is 14.7. The Hall–Kier alpha value is -9.14. The highest BCUT2D eigenvalue weighted by Gasteiger charge is 2.61. The summed E-state index contributed by atoms with van der Waals surface area (Å²) in [5.41, 5.74) is 4.09. The molecule has 31 heteroatoms. The molecule has 3 aliphatic heterocycles. The van der Waals surface area contributed by atoms with Gasteiger partial charge < -0.3 is 90.6 Å². The lowest BCUT2D eigenvalue weighted by molar-refractivity contribution is -0.395. The minimum atomic E-state index is -2.31. The van der Waals surface area contributed by atoms with E-state index in [1.165, 1.54) is 6.92 Å². The largest absolute Gasteiger partial charge is 0.463 e. The van der Waals surface area contributed by atoms with Crippen molar-refractivity contribution in [1.29, 1.82) is 0 Å². The molecule has 31 nitrogen and oxygen atoms in total. The van der Waals surface area contributed by atoms with E-state index in [1.807, 2.05) is 48.5 Å². The van der Waals surface area contributed by atoms with Gasteiger partial charge in [0.1, 0.15) is 51.3 Å². The highest BCUT2D eigenvalue weighted by atomic mass is 16.8. The molecule has 3 heterocycles. The van der Waals surface area contributed by atoms with Crippen LogP contribution in [0.25, 0.3) is 11.1 Å². The van der Waals surface area contributed by atoms with Crippen LogP contribution in [0, 0.1) is 0 Å².